The van der Waals surface area contributed by atoms with E-state index < -0.39 is 0 Å². The highest BCUT2D eigenvalue weighted by molar-refractivity contribution is 7.13. The molecule has 5 rings (SSSR count). The van der Waals surface area contributed by atoms with Crippen LogP contribution in [-0.4, -0.2) is 10.5 Å². The molecule has 0 spiro atoms. The van der Waals surface area contributed by atoms with Crippen LogP contribution in [0.2, 0.25) is 0 Å². The average molecular weight is 447 g/mol. The molecule has 0 atom stereocenters. The van der Waals surface area contributed by atoms with Crippen molar-refractivity contribution in [2.45, 2.75) is 0 Å². The molecule has 0 radical (unpaired) electrons. The molecule has 4 aromatic carbocycles. The highest BCUT2D eigenvalue weighted by atomic mass is 32.1. The molecule has 0 saturated carbocycles. The molecule has 0 aliphatic heterocycles. The van der Waals surface area contributed by atoms with Gasteiger partial charge in [0.25, 0.3) is 5.91 Å². The summed E-state index contributed by atoms with van der Waals surface area (Å²) in [4.78, 5) is 19.0. The maximum atomic E-state index is 12.8. The van der Waals surface area contributed by atoms with Crippen molar-refractivity contribution in [3.8, 4) is 32.8 Å². The van der Waals surface area contributed by atoms with Crippen LogP contribution in [0, 0.1) is 0 Å². The molecule has 4 heteroatoms. The Kier molecular flexibility index (Phi) is 5.83. The van der Waals surface area contributed by atoms with E-state index in [9.17, 15) is 4.79 Å². The number of amides is 1. The number of thiazole rings is 1. The molecule has 1 aromatic heterocycles. The van der Waals surface area contributed by atoms with Gasteiger partial charge in [-0.3, -0.25) is 4.79 Å². The van der Waals surface area contributed by atoms with E-state index in [-0.39, 0.29) is 5.91 Å². The molecule has 160 valence electrons. The molecule has 1 heterocycles. The van der Waals surface area contributed by atoms with Crippen molar-refractivity contribution in [2.24, 2.45) is 12.0 Å². The predicted molar refractivity (Wildman–Crippen MR) is 136 cm³/mol. The summed E-state index contributed by atoms with van der Waals surface area (Å²) in [6.45, 7) is 0. The summed E-state index contributed by atoms with van der Waals surface area (Å²) in [5, 5.41) is 0. The normalized spacial score (nSPS) is 11.5. The van der Waals surface area contributed by atoms with E-state index in [1.165, 1.54) is 22.5 Å². The topological polar surface area (TPSA) is 34.4 Å². The number of hydrogen-bond acceptors (Lipinski definition) is 2. The zero-order chi connectivity index (χ0) is 22.6. The van der Waals surface area contributed by atoms with Gasteiger partial charge in [0, 0.05) is 12.6 Å². The largest absolute Gasteiger partial charge is 0.319 e. The zero-order valence-electron chi connectivity index (χ0n) is 18.2. The average Bonchev–Trinajstić information content (AvgIpc) is 3.21. The lowest BCUT2D eigenvalue weighted by atomic mass is 10.0. The van der Waals surface area contributed by atoms with Gasteiger partial charge in [-0.15, -0.1) is 0 Å². The third-order valence-electron chi connectivity index (χ3n) is 5.55. The van der Waals surface area contributed by atoms with Gasteiger partial charge in [-0.25, -0.2) is 0 Å². The summed E-state index contributed by atoms with van der Waals surface area (Å²) in [5.41, 5.74) is 6.18. The minimum atomic E-state index is -0.238. The van der Waals surface area contributed by atoms with E-state index >= 15 is 0 Å². The van der Waals surface area contributed by atoms with Crippen LogP contribution in [0.5, 0.6) is 0 Å². The van der Waals surface area contributed by atoms with Crippen molar-refractivity contribution >= 4 is 17.2 Å². The Balaban J connectivity index is 1.63. The number of benzene rings is 4. The lowest BCUT2D eigenvalue weighted by molar-refractivity contribution is 0.0998. The van der Waals surface area contributed by atoms with Gasteiger partial charge >= 0.3 is 0 Å². The van der Waals surface area contributed by atoms with E-state index in [0.29, 0.717) is 10.4 Å². The van der Waals surface area contributed by atoms with E-state index in [2.05, 4.69) is 53.5 Å². The van der Waals surface area contributed by atoms with E-state index in [4.69, 9.17) is 0 Å². The highest BCUT2D eigenvalue weighted by Crippen LogP contribution is 2.35. The monoisotopic (exact) mass is 446 g/mol. The van der Waals surface area contributed by atoms with Crippen molar-refractivity contribution in [3.63, 3.8) is 0 Å². The Morgan fingerprint density at radius 1 is 0.636 bits per heavy atom. The summed E-state index contributed by atoms with van der Waals surface area (Å²) in [7, 11) is 1.97. The zero-order valence-corrected chi connectivity index (χ0v) is 19.0. The summed E-state index contributed by atoms with van der Waals surface area (Å²) < 4.78 is 2.02. The van der Waals surface area contributed by atoms with Crippen LogP contribution in [0.4, 0.5) is 0 Å². The van der Waals surface area contributed by atoms with Gasteiger partial charge in [-0.05, 0) is 34.4 Å². The fraction of sp³-hybridized carbons (Fsp3) is 0.0345. The molecule has 0 N–H and O–H groups in total. The van der Waals surface area contributed by atoms with Gasteiger partial charge in [-0.1, -0.05) is 114 Å². The Morgan fingerprint density at radius 3 is 1.73 bits per heavy atom. The standard InChI is InChI=1S/C29H22N2OS/c1-31-26(23-19-17-22(18-20-23)21-11-5-2-6-12-21)27(24-13-7-3-8-14-24)33-29(31)30-28(32)25-15-9-4-10-16-25/h2-20H,1H3. The van der Waals surface area contributed by atoms with Crippen molar-refractivity contribution in [1.29, 1.82) is 0 Å². The third kappa shape index (κ3) is 4.34. The summed E-state index contributed by atoms with van der Waals surface area (Å²) in [5.74, 6) is -0.238. The first-order valence-corrected chi connectivity index (χ1v) is 11.6. The number of hydrogen-bond donors (Lipinski definition) is 0. The van der Waals surface area contributed by atoms with Crippen LogP contribution in [0.3, 0.4) is 0 Å². The fourth-order valence-corrected chi connectivity index (χ4v) is 4.99. The van der Waals surface area contributed by atoms with Crippen LogP contribution >= 0.6 is 11.3 Å². The van der Waals surface area contributed by atoms with E-state index in [1.54, 1.807) is 12.1 Å². The molecule has 0 fully saturated rings. The highest BCUT2D eigenvalue weighted by Gasteiger charge is 2.16. The molecular weight excluding hydrogens is 424 g/mol. The Hall–Kier alpha value is -4.02. The van der Waals surface area contributed by atoms with Crippen molar-refractivity contribution < 1.29 is 4.79 Å². The lowest BCUT2D eigenvalue weighted by Gasteiger charge is -2.09. The molecule has 0 aliphatic carbocycles. The van der Waals surface area contributed by atoms with Gasteiger partial charge in [0.2, 0.25) is 0 Å². The van der Waals surface area contributed by atoms with Gasteiger partial charge < -0.3 is 4.57 Å². The van der Waals surface area contributed by atoms with Crippen LogP contribution in [0.25, 0.3) is 32.8 Å². The van der Waals surface area contributed by atoms with Crippen LogP contribution in [0.15, 0.2) is 120 Å². The number of nitrogens with zero attached hydrogens (tertiary/aromatic N) is 2. The molecular formula is C29H22N2OS. The molecule has 0 bridgehead atoms. The fourth-order valence-electron chi connectivity index (χ4n) is 3.85. The summed E-state index contributed by atoms with van der Waals surface area (Å²) in [6.07, 6.45) is 0. The van der Waals surface area contributed by atoms with Crippen molar-refractivity contribution in [3.05, 3.63) is 126 Å². The number of rotatable bonds is 4. The first kappa shape index (κ1) is 20.9. The first-order valence-electron chi connectivity index (χ1n) is 10.8. The maximum absolute atomic E-state index is 12.8. The second kappa shape index (κ2) is 9.23. The Bertz CT molecular complexity index is 1450. The second-order valence-electron chi connectivity index (χ2n) is 7.71. The quantitative estimate of drug-likeness (QED) is 0.298. The number of aromatic nitrogens is 1. The minimum absolute atomic E-state index is 0.238. The SMILES string of the molecule is Cn1c(-c2ccc(-c3ccccc3)cc2)c(-c2ccccc2)sc1=NC(=O)c1ccccc1. The van der Waals surface area contributed by atoms with Crippen LogP contribution in [-0.2, 0) is 7.05 Å². The van der Waals surface area contributed by atoms with Crippen LogP contribution < -0.4 is 4.80 Å². The summed E-state index contributed by atoms with van der Waals surface area (Å²) in [6, 6.07) is 38.4. The molecule has 0 unspecified atom stereocenters. The first-order chi connectivity index (χ1) is 16.2. The second-order valence-corrected chi connectivity index (χ2v) is 8.69. The molecule has 3 nitrogen and oxygen atoms in total. The van der Waals surface area contributed by atoms with Gasteiger partial charge in [0.05, 0.1) is 10.6 Å². The van der Waals surface area contributed by atoms with Gasteiger partial charge in [0.15, 0.2) is 4.80 Å². The molecule has 0 saturated heterocycles. The molecule has 5 aromatic rings. The van der Waals surface area contributed by atoms with E-state index in [1.807, 2.05) is 66.2 Å². The van der Waals surface area contributed by atoms with Crippen LogP contribution in [0.1, 0.15) is 10.4 Å². The Labute approximate surface area is 197 Å². The number of carbonyl (C=O) groups excluding carboxylic acids is 1. The molecule has 33 heavy (non-hydrogen) atoms. The minimum Gasteiger partial charge on any atom is -0.319 e. The third-order valence-corrected chi connectivity index (χ3v) is 6.73. The van der Waals surface area contributed by atoms with Gasteiger partial charge in [-0.2, -0.15) is 4.99 Å². The smallest absolute Gasteiger partial charge is 0.279 e. The predicted octanol–water partition coefficient (Wildman–Crippen LogP) is 6.83. The lowest BCUT2D eigenvalue weighted by Crippen LogP contribution is -2.14. The Morgan fingerprint density at radius 2 is 1.12 bits per heavy atom. The maximum Gasteiger partial charge on any atom is 0.279 e. The van der Waals surface area contributed by atoms with Crippen molar-refractivity contribution in [1.82, 2.24) is 4.57 Å². The summed E-state index contributed by atoms with van der Waals surface area (Å²) >= 11 is 1.53. The molecule has 1 amide bonds. The van der Waals surface area contributed by atoms with E-state index in [0.717, 1.165) is 21.7 Å². The van der Waals surface area contributed by atoms with Crippen molar-refractivity contribution in [2.75, 3.05) is 0 Å². The van der Waals surface area contributed by atoms with Gasteiger partial charge in [0.1, 0.15) is 0 Å². The molecule has 0 aliphatic rings. The number of carbonyl (C=O) groups is 1.